The van der Waals surface area contributed by atoms with Crippen molar-refractivity contribution in [2.45, 2.75) is 71.8 Å². The van der Waals surface area contributed by atoms with Crippen molar-refractivity contribution in [3.05, 3.63) is 35.4 Å². The maximum Gasteiger partial charge on any atom is 0.135 e. The summed E-state index contributed by atoms with van der Waals surface area (Å²) in [5.41, 5.74) is 2.53. The van der Waals surface area contributed by atoms with Crippen LogP contribution in [0.3, 0.4) is 0 Å². The fourth-order valence-corrected chi connectivity index (χ4v) is 3.35. The van der Waals surface area contributed by atoms with Crippen molar-refractivity contribution in [2.24, 2.45) is 5.92 Å². The normalized spacial score (nSPS) is 25.3. The van der Waals surface area contributed by atoms with Crippen LogP contribution < -0.4 is 5.32 Å². The number of ether oxygens (including phenoxy) is 1. The van der Waals surface area contributed by atoms with Crippen LogP contribution >= 0.6 is 0 Å². The summed E-state index contributed by atoms with van der Waals surface area (Å²) in [6, 6.07) is 9.09. The van der Waals surface area contributed by atoms with Crippen molar-refractivity contribution < 1.29 is 4.74 Å². The summed E-state index contributed by atoms with van der Waals surface area (Å²) >= 11 is 0. The molecule has 2 nitrogen and oxygen atoms in total. The molecule has 2 rings (SSSR count). The Labute approximate surface area is 123 Å². The van der Waals surface area contributed by atoms with E-state index < -0.39 is 0 Å². The smallest absolute Gasteiger partial charge is 0.135 e. The van der Waals surface area contributed by atoms with Gasteiger partial charge in [0.05, 0.1) is 5.60 Å². The third kappa shape index (κ3) is 3.07. The van der Waals surface area contributed by atoms with Crippen molar-refractivity contribution in [1.29, 1.82) is 0 Å². The second-order valence-electron chi connectivity index (χ2n) is 6.53. The highest BCUT2D eigenvalue weighted by molar-refractivity contribution is 5.25. The SMILES string of the molecule is CCC1(CC)O[C@@H](c2cccc(C)c2)N[C@H]1CC(C)C. The van der Waals surface area contributed by atoms with E-state index in [0.29, 0.717) is 12.0 Å². The second-order valence-corrected chi connectivity index (χ2v) is 6.53. The topological polar surface area (TPSA) is 21.3 Å². The van der Waals surface area contributed by atoms with E-state index in [1.165, 1.54) is 17.5 Å². The molecule has 2 heteroatoms. The molecule has 1 saturated heterocycles. The quantitative estimate of drug-likeness (QED) is 0.849. The molecule has 1 aliphatic heterocycles. The lowest BCUT2D eigenvalue weighted by atomic mass is 9.84. The van der Waals surface area contributed by atoms with Gasteiger partial charge in [0.1, 0.15) is 6.23 Å². The largest absolute Gasteiger partial charge is 0.351 e. The van der Waals surface area contributed by atoms with E-state index in [0.717, 1.165) is 12.8 Å². The van der Waals surface area contributed by atoms with E-state index >= 15 is 0 Å². The summed E-state index contributed by atoms with van der Waals surface area (Å²) in [5, 5.41) is 3.74. The summed E-state index contributed by atoms with van der Waals surface area (Å²) in [4.78, 5) is 0. The maximum atomic E-state index is 6.49. The van der Waals surface area contributed by atoms with Crippen LogP contribution in [0, 0.1) is 12.8 Å². The Kier molecular flexibility index (Phi) is 4.87. The molecule has 1 aromatic carbocycles. The highest BCUT2D eigenvalue weighted by atomic mass is 16.5. The van der Waals surface area contributed by atoms with E-state index in [1.54, 1.807) is 0 Å². The molecule has 1 heterocycles. The summed E-state index contributed by atoms with van der Waals surface area (Å²) in [6.07, 6.45) is 3.34. The zero-order chi connectivity index (χ0) is 14.8. The minimum absolute atomic E-state index is 0.0152. The molecule has 1 aliphatic rings. The zero-order valence-corrected chi connectivity index (χ0v) is 13.6. The van der Waals surface area contributed by atoms with Crippen LogP contribution in [0.2, 0.25) is 0 Å². The van der Waals surface area contributed by atoms with E-state index in [2.05, 4.69) is 64.2 Å². The molecular weight excluding hydrogens is 246 g/mol. The van der Waals surface area contributed by atoms with E-state index in [-0.39, 0.29) is 11.8 Å². The molecule has 0 amide bonds. The molecule has 1 N–H and O–H groups in total. The lowest BCUT2D eigenvalue weighted by Crippen LogP contribution is -2.43. The molecule has 0 unspecified atom stereocenters. The third-order valence-electron chi connectivity index (χ3n) is 4.59. The Balaban J connectivity index is 2.23. The van der Waals surface area contributed by atoms with Crippen LogP contribution in [0.4, 0.5) is 0 Å². The van der Waals surface area contributed by atoms with Crippen LogP contribution in [0.25, 0.3) is 0 Å². The van der Waals surface area contributed by atoms with Gasteiger partial charge in [-0.15, -0.1) is 0 Å². The molecule has 1 aromatic rings. The lowest BCUT2D eigenvalue weighted by molar-refractivity contribution is -0.0568. The van der Waals surface area contributed by atoms with E-state index in [4.69, 9.17) is 4.74 Å². The summed E-state index contributed by atoms with van der Waals surface area (Å²) in [6.45, 7) is 11.2. The number of nitrogens with one attached hydrogen (secondary N) is 1. The van der Waals surface area contributed by atoms with Crippen molar-refractivity contribution in [3.63, 3.8) is 0 Å². The number of hydrogen-bond acceptors (Lipinski definition) is 2. The number of rotatable bonds is 5. The number of aryl methyl sites for hydroxylation is 1. The molecular formula is C18H29NO. The highest BCUT2D eigenvalue weighted by Gasteiger charge is 2.46. The lowest BCUT2D eigenvalue weighted by Gasteiger charge is -2.32. The average Bonchev–Trinajstić information content (AvgIpc) is 2.77. The summed E-state index contributed by atoms with van der Waals surface area (Å²) in [5.74, 6) is 0.685. The van der Waals surface area contributed by atoms with E-state index in [1.807, 2.05) is 0 Å². The minimum Gasteiger partial charge on any atom is -0.351 e. The van der Waals surface area contributed by atoms with Crippen molar-refractivity contribution in [1.82, 2.24) is 5.32 Å². The molecule has 0 radical (unpaired) electrons. The fraction of sp³-hybridized carbons (Fsp3) is 0.667. The molecule has 0 aliphatic carbocycles. The summed E-state index contributed by atoms with van der Waals surface area (Å²) < 4.78 is 6.49. The van der Waals surface area contributed by atoms with Gasteiger partial charge in [-0.05, 0) is 37.7 Å². The first-order valence-corrected chi connectivity index (χ1v) is 8.01. The molecule has 0 saturated carbocycles. The first-order chi connectivity index (χ1) is 9.50. The predicted molar refractivity (Wildman–Crippen MR) is 84.7 cm³/mol. The molecule has 20 heavy (non-hydrogen) atoms. The maximum absolute atomic E-state index is 6.49. The van der Waals surface area contributed by atoms with Gasteiger partial charge < -0.3 is 4.74 Å². The van der Waals surface area contributed by atoms with Gasteiger partial charge in [0.2, 0.25) is 0 Å². The molecule has 0 aromatic heterocycles. The predicted octanol–water partition coefficient (Wildman–Crippen LogP) is 4.59. The average molecular weight is 275 g/mol. The Morgan fingerprint density at radius 3 is 2.50 bits per heavy atom. The van der Waals surface area contributed by atoms with Crippen molar-refractivity contribution >= 4 is 0 Å². The molecule has 1 fully saturated rings. The molecule has 2 atom stereocenters. The molecule has 0 spiro atoms. The molecule has 112 valence electrons. The fourth-order valence-electron chi connectivity index (χ4n) is 3.35. The molecule has 0 bridgehead atoms. The first-order valence-electron chi connectivity index (χ1n) is 8.01. The van der Waals surface area contributed by atoms with Gasteiger partial charge in [-0.25, -0.2) is 0 Å². The van der Waals surface area contributed by atoms with Crippen LogP contribution in [-0.2, 0) is 4.74 Å². The van der Waals surface area contributed by atoms with Crippen LogP contribution in [0.5, 0.6) is 0 Å². The van der Waals surface area contributed by atoms with Crippen molar-refractivity contribution in [2.75, 3.05) is 0 Å². The highest BCUT2D eigenvalue weighted by Crippen LogP contribution is 2.40. The zero-order valence-electron chi connectivity index (χ0n) is 13.6. The van der Waals surface area contributed by atoms with Crippen LogP contribution in [0.1, 0.15) is 64.3 Å². The minimum atomic E-state index is -0.0152. The second kappa shape index (κ2) is 6.28. The Bertz CT molecular complexity index is 437. The number of benzene rings is 1. The van der Waals surface area contributed by atoms with Gasteiger partial charge in [-0.2, -0.15) is 0 Å². The van der Waals surface area contributed by atoms with E-state index in [9.17, 15) is 0 Å². The van der Waals surface area contributed by atoms with Gasteiger partial charge in [0.25, 0.3) is 0 Å². The Morgan fingerprint density at radius 2 is 1.95 bits per heavy atom. The third-order valence-corrected chi connectivity index (χ3v) is 4.59. The van der Waals surface area contributed by atoms with Gasteiger partial charge in [0.15, 0.2) is 0 Å². The van der Waals surface area contributed by atoms with Crippen molar-refractivity contribution in [3.8, 4) is 0 Å². The monoisotopic (exact) mass is 275 g/mol. The van der Waals surface area contributed by atoms with Crippen LogP contribution in [0.15, 0.2) is 24.3 Å². The van der Waals surface area contributed by atoms with Crippen LogP contribution in [-0.4, -0.2) is 11.6 Å². The standard InChI is InChI=1S/C18H29NO/c1-6-18(7-2)16(11-13(3)4)19-17(20-18)15-10-8-9-14(5)12-15/h8-10,12-13,16-17,19H,6-7,11H2,1-5H3/t16-,17-/m0/s1. The van der Waals surface area contributed by atoms with Gasteiger partial charge >= 0.3 is 0 Å². The summed E-state index contributed by atoms with van der Waals surface area (Å²) in [7, 11) is 0. The first kappa shape index (κ1) is 15.5. The number of hydrogen-bond donors (Lipinski definition) is 1. The van der Waals surface area contributed by atoms with Gasteiger partial charge in [0, 0.05) is 6.04 Å². The Hall–Kier alpha value is -0.860. The van der Waals surface area contributed by atoms with Gasteiger partial charge in [-0.3, -0.25) is 5.32 Å². The van der Waals surface area contributed by atoms with Gasteiger partial charge in [-0.1, -0.05) is 57.5 Å². The Morgan fingerprint density at radius 1 is 1.25 bits per heavy atom.